The Balaban J connectivity index is 4.23. The summed E-state index contributed by atoms with van der Waals surface area (Å²) < 4.78 is 0. The third-order valence-corrected chi connectivity index (χ3v) is 2.02. The van der Waals surface area contributed by atoms with Crippen LogP contribution >= 0.6 is 0 Å². The molecule has 0 rings (SSSR count). The summed E-state index contributed by atoms with van der Waals surface area (Å²) >= 11 is 0. The van der Waals surface area contributed by atoms with Crippen molar-refractivity contribution in [1.82, 2.24) is 5.32 Å². The van der Waals surface area contributed by atoms with Gasteiger partial charge in [-0.25, -0.2) is 0 Å². The van der Waals surface area contributed by atoms with Crippen molar-refractivity contribution < 1.29 is 15.0 Å². The maximum atomic E-state index is 11.1. The van der Waals surface area contributed by atoms with Gasteiger partial charge in [-0.1, -0.05) is 13.0 Å². The van der Waals surface area contributed by atoms with Gasteiger partial charge in [0.15, 0.2) is 0 Å². The van der Waals surface area contributed by atoms with Crippen molar-refractivity contribution in [3.63, 3.8) is 0 Å². The summed E-state index contributed by atoms with van der Waals surface area (Å²) in [4.78, 5) is 11.1. The Morgan fingerprint density at radius 3 is 2.38 bits per heavy atom. The summed E-state index contributed by atoms with van der Waals surface area (Å²) in [5, 5.41) is 20.6. The fraction of sp³-hybridized carbons (Fsp3) is 0.667. The highest BCUT2D eigenvalue weighted by Gasteiger charge is 2.27. The van der Waals surface area contributed by atoms with Crippen molar-refractivity contribution in [1.29, 1.82) is 0 Å². The normalized spacial score (nSPS) is 11.0. The van der Waals surface area contributed by atoms with Crippen LogP contribution in [-0.4, -0.2) is 34.9 Å². The molecule has 0 heterocycles. The molecule has 3 N–H and O–H groups in total. The van der Waals surface area contributed by atoms with E-state index >= 15 is 0 Å². The first-order valence-electron chi connectivity index (χ1n) is 4.27. The van der Waals surface area contributed by atoms with Gasteiger partial charge in [0.05, 0.1) is 18.8 Å². The first kappa shape index (κ1) is 12.1. The van der Waals surface area contributed by atoms with Crippen LogP contribution in [0.25, 0.3) is 0 Å². The minimum Gasteiger partial charge on any atom is -0.394 e. The van der Waals surface area contributed by atoms with Crippen LogP contribution in [0.3, 0.4) is 0 Å². The van der Waals surface area contributed by atoms with Crippen LogP contribution in [-0.2, 0) is 4.79 Å². The quantitative estimate of drug-likeness (QED) is 0.505. The Morgan fingerprint density at radius 2 is 2.08 bits per heavy atom. The zero-order valence-corrected chi connectivity index (χ0v) is 7.92. The average molecular weight is 187 g/mol. The minimum atomic E-state index is -0.889. The summed E-state index contributed by atoms with van der Waals surface area (Å²) in [6, 6.07) is 0. The number of aliphatic hydroxyl groups is 2. The molecule has 0 aromatic heterocycles. The number of hydrogen-bond donors (Lipinski definition) is 3. The van der Waals surface area contributed by atoms with Gasteiger partial charge >= 0.3 is 0 Å². The number of hydrogen-bond acceptors (Lipinski definition) is 3. The van der Waals surface area contributed by atoms with E-state index in [9.17, 15) is 4.79 Å². The number of nitrogens with one attached hydrogen (secondary N) is 1. The number of carbonyl (C=O) groups is 1. The van der Waals surface area contributed by atoms with Gasteiger partial charge in [0, 0.05) is 6.42 Å². The topological polar surface area (TPSA) is 69.6 Å². The predicted molar refractivity (Wildman–Crippen MR) is 50.2 cm³/mol. The number of rotatable bonds is 6. The molecule has 0 spiro atoms. The second-order valence-corrected chi connectivity index (χ2v) is 2.99. The molecule has 1 amide bonds. The first-order chi connectivity index (χ1) is 6.14. The van der Waals surface area contributed by atoms with E-state index in [2.05, 4.69) is 11.9 Å². The lowest BCUT2D eigenvalue weighted by molar-refractivity contribution is -0.123. The zero-order chi connectivity index (χ0) is 10.3. The molecule has 4 heteroatoms. The van der Waals surface area contributed by atoms with Gasteiger partial charge in [-0.15, -0.1) is 6.58 Å². The van der Waals surface area contributed by atoms with E-state index in [1.54, 1.807) is 6.92 Å². The fourth-order valence-electron chi connectivity index (χ4n) is 0.919. The molecule has 0 aromatic carbocycles. The van der Waals surface area contributed by atoms with E-state index in [-0.39, 0.29) is 25.5 Å². The van der Waals surface area contributed by atoms with Crippen LogP contribution in [0.2, 0.25) is 0 Å². The highest BCUT2D eigenvalue weighted by Crippen LogP contribution is 2.08. The summed E-state index contributed by atoms with van der Waals surface area (Å²) in [5.74, 6) is -0.236. The van der Waals surface area contributed by atoms with E-state index < -0.39 is 5.54 Å². The number of carbonyl (C=O) groups excluding carboxylic acids is 1. The standard InChI is InChI=1S/C9H17NO3/c1-3-5-8(13)10-9(4-2,6-11)7-12/h3,11-12H,1,4-7H2,2H3,(H,10,13). The van der Waals surface area contributed by atoms with Gasteiger partial charge in [-0.3, -0.25) is 4.79 Å². The molecular formula is C9H17NO3. The van der Waals surface area contributed by atoms with Crippen molar-refractivity contribution in [2.24, 2.45) is 0 Å². The average Bonchev–Trinajstić information content (AvgIpc) is 2.15. The van der Waals surface area contributed by atoms with Crippen molar-refractivity contribution in [3.8, 4) is 0 Å². The molecule has 0 fully saturated rings. The maximum absolute atomic E-state index is 11.1. The van der Waals surface area contributed by atoms with E-state index in [1.807, 2.05) is 0 Å². The Bertz CT molecular complexity index is 167. The molecule has 0 aliphatic heterocycles. The lowest BCUT2D eigenvalue weighted by Crippen LogP contribution is -2.53. The smallest absolute Gasteiger partial charge is 0.224 e. The summed E-state index contributed by atoms with van der Waals surface area (Å²) in [6.45, 7) is 4.69. The summed E-state index contributed by atoms with van der Waals surface area (Å²) in [7, 11) is 0. The molecule has 0 saturated heterocycles. The third-order valence-electron chi connectivity index (χ3n) is 2.02. The van der Waals surface area contributed by atoms with Gasteiger partial charge in [0.2, 0.25) is 5.91 Å². The largest absolute Gasteiger partial charge is 0.394 e. The molecule has 4 nitrogen and oxygen atoms in total. The van der Waals surface area contributed by atoms with E-state index in [1.165, 1.54) is 6.08 Å². The Kier molecular flexibility index (Phi) is 5.34. The highest BCUT2D eigenvalue weighted by molar-refractivity contribution is 5.78. The van der Waals surface area contributed by atoms with Crippen molar-refractivity contribution in [2.75, 3.05) is 13.2 Å². The van der Waals surface area contributed by atoms with Gasteiger partial charge in [0.25, 0.3) is 0 Å². The Morgan fingerprint density at radius 1 is 1.54 bits per heavy atom. The molecule has 76 valence electrons. The predicted octanol–water partition coefficient (Wildman–Crippen LogP) is -0.188. The number of amides is 1. The summed E-state index contributed by atoms with van der Waals surface area (Å²) in [6.07, 6.45) is 2.16. The molecule has 0 saturated carbocycles. The van der Waals surface area contributed by atoms with E-state index in [0.717, 1.165) is 0 Å². The molecular weight excluding hydrogens is 170 g/mol. The Hall–Kier alpha value is -0.870. The molecule has 0 bridgehead atoms. The fourth-order valence-corrected chi connectivity index (χ4v) is 0.919. The SMILES string of the molecule is C=CCC(=O)NC(CC)(CO)CO. The van der Waals surface area contributed by atoms with Crippen LogP contribution in [0.15, 0.2) is 12.7 Å². The molecule has 0 aliphatic carbocycles. The monoisotopic (exact) mass is 187 g/mol. The van der Waals surface area contributed by atoms with Crippen LogP contribution in [0.5, 0.6) is 0 Å². The van der Waals surface area contributed by atoms with Crippen molar-refractivity contribution in [2.45, 2.75) is 25.3 Å². The van der Waals surface area contributed by atoms with Gasteiger partial charge in [-0.05, 0) is 6.42 Å². The third kappa shape index (κ3) is 3.57. The van der Waals surface area contributed by atoms with Crippen LogP contribution in [0.1, 0.15) is 19.8 Å². The molecule has 0 unspecified atom stereocenters. The highest BCUT2D eigenvalue weighted by atomic mass is 16.3. The molecule has 0 atom stereocenters. The van der Waals surface area contributed by atoms with Gasteiger partial charge in [0.1, 0.15) is 0 Å². The molecule has 0 aromatic rings. The first-order valence-corrected chi connectivity index (χ1v) is 4.27. The van der Waals surface area contributed by atoms with Crippen LogP contribution < -0.4 is 5.32 Å². The molecule has 0 aliphatic rings. The second-order valence-electron chi connectivity index (χ2n) is 2.99. The summed E-state index contributed by atoms with van der Waals surface area (Å²) in [5.41, 5.74) is -0.889. The number of aliphatic hydroxyl groups excluding tert-OH is 2. The lowest BCUT2D eigenvalue weighted by Gasteiger charge is -2.29. The molecule has 13 heavy (non-hydrogen) atoms. The van der Waals surface area contributed by atoms with E-state index in [4.69, 9.17) is 10.2 Å². The maximum Gasteiger partial charge on any atom is 0.224 e. The van der Waals surface area contributed by atoms with E-state index in [0.29, 0.717) is 6.42 Å². The van der Waals surface area contributed by atoms with Crippen LogP contribution in [0, 0.1) is 0 Å². The lowest BCUT2D eigenvalue weighted by atomic mass is 9.98. The van der Waals surface area contributed by atoms with Gasteiger partial charge < -0.3 is 15.5 Å². The molecule has 0 radical (unpaired) electrons. The zero-order valence-electron chi connectivity index (χ0n) is 7.92. The second kappa shape index (κ2) is 5.72. The Labute approximate surface area is 78.3 Å². The van der Waals surface area contributed by atoms with Crippen molar-refractivity contribution >= 4 is 5.91 Å². The van der Waals surface area contributed by atoms with Crippen LogP contribution in [0.4, 0.5) is 0 Å². The minimum absolute atomic E-state index is 0.196. The van der Waals surface area contributed by atoms with Gasteiger partial charge in [-0.2, -0.15) is 0 Å². The van der Waals surface area contributed by atoms with Crippen molar-refractivity contribution in [3.05, 3.63) is 12.7 Å².